The smallest absolute Gasteiger partial charge is 0.414 e. The van der Waals surface area contributed by atoms with Crippen LogP contribution in [0, 0.1) is 5.92 Å². The number of piperidine rings is 1. The monoisotopic (exact) mass is 427 g/mol. The second-order valence-corrected chi connectivity index (χ2v) is 8.70. The van der Waals surface area contributed by atoms with Gasteiger partial charge >= 0.3 is 18.0 Å². The number of carbonyl (C=O) groups excluding carboxylic acids is 3. The zero-order valence-electron chi connectivity index (χ0n) is 17.6. The minimum absolute atomic E-state index is 0.0522. The molecular formula is C23H25NO7. The second-order valence-electron chi connectivity index (χ2n) is 8.70. The number of carbonyl (C=O) groups is 3. The molecule has 0 N–H and O–H groups in total. The van der Waals surface area contributed by atoms with Crippen molar-refractivity contribution in [2.45, 2.75) is 63.2 Å². The Balaban J connectivity index is 1.64. The lowest BCUT2D eigenvalue weighted by Crippen LogP contribution is -2.68. The van der Waals surface area contributed by atoms with E-state index in [-0.39, 0.29) is 24.0 Å². The van der Waals surface area contributed by atoms with Crippen LogP contribution in [-0.2, 0) is 30.9 Å². The predicted octanol–water partition coefficient (Wildman–Crippen LogP) is 2.86. The largest absolute Gasteiger partial charge is 0.481 e. The van der Waals surface area contributed by atoms with Gasteiger partial charge in [0.1, 0.15) is 12.2 Å². The van der Waals surface area contributed by atoms with E-state index in [9.17, 15) is 14.4 Å². The van der Waals surface area contributed by atoms with Gasteiger partial charge in [0.05, 0.1) is 6.26 Å². The fourth-order valence-electron chi connectivity index (χ4n) is 6.42. The topological polar surface area (TPSA) is 91.4 Å². The van der Waals surface area contributed by atoms with Crippen LogP contribution in [0.2, 0.25) is 0 Å². The number of nitrogens with zero attached hydrogens (tertiary/aromatic N) is 1. The Morgan fingerprint density at radius 3 is 2.74 bits per heavy atom. The van der Waals surface area contributed by atoms with E-state index in [2.05, 4.69) is 6.58 Å². The van der Waals surface area contributed by atoms with Crippen molar-refractivity contribution in [3.8, 4) is 11.5 Å². The summed E-state index contributed by atoms with van der Waals surface area (Å²) in [6, 6.07) is 3.64. The Morgan fingerprint density at radius 1 is 1.23 bits per heavy atom. The maximum atomic E-state index is 12.6. The quantitative estimate of drug-likeness (QED) is 0.416. The summed E-state index contributed by atoms with van der Waals surface area (Å²) in [5.74, 6) is 0.316. The summed E-state index contributed by atoms with van der Waals surface area (Å²) < 4.78 is 22.7. The Bertz CT molecular complexity index is 988. The van der Waals surface area contributed by atoms with Gasteiger partial charge in [0.25, 0.3) is 0 Å². The Morgan fingerprint density at radius 2 is 2.03 bits per heavy atom. The van der Waals surface area contributed by atoms with Gasteiger partial charge < -0.3 is 23.8 Å². The van der Waals surface area contributed by atoms with Gasteiger partial charge in [-0.05, 0) is 43.2 Å². The van der Waals surface area contributed by atoms with Crippen LogP contribution in [0.3, 0.4) is 0 Å². The van der Waals surface area contributed by atoms with Gasteiger partial charge in [0.2, 0.25) is 0 Å². The van der Waals surface area contributed by atoms with Crippen molar-refractivity contribution >= 4 is 18.0 Å². The summed E-state index contributed by atoms with van der Waals surface area (Å²) >= 11 is 0. The van der Waals surface area contributed by atoms with Crippen molar-refractivity contribution in [1.29, 1.82) is 0 Å². The van der Waals surface area contributed by atoms with Crippen LogP contribution in [0.1, 0.15) is 44.2 Å². The van der Waals surface area contributed by atoms with Crippen LogP contribution >= 0.6 is 0 Å². The van der Waals surface area contributed by atoms with Crippen molar-refractivity contribution in [3.63, 3.8) is 0 Å². The normalized spacial score (nSPS) is 31.7. The third-order valence-electron chi connectivity index (χ3n) is 7.24. The molecule has 1 spiro atoms. The summed E-state index contributed by atoms with van der Waals surface area (Å²) in [6.45, 7) is 6.76. The van der Waals surface area contributed by atoms with Gasteiger partial charge in [0, 0.05) is 37.4 Å². The van der Waals surface area contributed by atoms with E-state index in [1.54, 1.807) is 11.0 Å². The zero-order chi connectivity index (χ0) is 21.9. The molecule has 2 aliphatic heterocycles. The fourth-order valence-corrected chi connectivity index (χ4v) is 6.42. The number of rotatable bonds is 3. The molecule has 2 heterocycles. The van der Waals surface area contributed by atoms with Crippen LogP contribution < -0.4 is 9.47 Å². The standard InChI is InChI=1S/C23H25NO7/c1-4-28-22(27)24-10-9-23-15-6-8-18(30-13(3)26)21(23)31-20-17(29-12(2)25)7-5-14(19(20)23)11-16(15)24/h4-5,7,15-16,18,21H,1,6,8-11H2,2-3H3/t15-,16+,18+,21-,23-/m0/s1. The number of likely N-dealkylation sites (tertiary alicyclic amines) is 1. The molecule has 1 saturated carbocycles. The lowest BCUT2D eigenvalue weighted by Gasteiger charge is -2.58. The number of hydrogen-bond acceptors (Lipinski definition) is 7. The van der Waals surface area contributed by atoms with Gasteiger partial charge in [-0.1, -0.05) is 12.6 Å². The molecule has 2 fully saturated rings. The summed E-state index contributed by atoms with van der Waals surface area (Å²) in [5, 5.41) is 0. The molecule has 31 heavy (non-hydrogen) atoms. The van der Waals surface area contributed by atoms with Crippen LogP contribution in [0.5, 0.6) is 11.5 Å². The van der Waals surface area contributed by atoms with Gasteiger partial charge in [-0.2, -0.15) is 0 Å². The van der Waals surface area contributed by atoms with Crippen molar-refractivity contribution in [1.82, 2.24) is 4.90 Å². The van der Waals surface area contributed by atoms with Crippen molar-refractivity contribution in [3.05, 3.63) is 36.1 Å². The molecule has 2 aliphatic carbocycles. The molecule has 5 atom stereocenters. The molecule has 8 nitrogen and oxygen atoms in total. The first kappa shape index (κ1) is 19.9. The van der Waals surface area contributed by atoms with E-state index in [1.165, 1.54) is 13.8 Å². The van der Waals surface area contributed by atoms with Gasteiger partial charge in [0.15, 0.2) is 11.5 Å². The highest BCUT2D eigenvalue weighted by molar-refractivity contribution is 5.73. The molecule has 0 radical (unpaired) electrons. The molecule has 164 valence electrons. The van der Waals surface area contributed by atoms with E-state index in [0.29, 0.717) is 37.3 Å². The molecule has 1 saturated heterocycles. The molecule has 1 aromatic rings. The third kappa shape index (κ3) is 2.77. The average molecular weight is 427 g/mol. The highest BCUT2D eigenvalue weighted by atomic mass is 16.6. The van der Waals surface area contributed by atoms with Crippen LogP contribution in [-0.4, -0.2) is 47.7 Å². The molecule has 2 bridgehead atoms. The highest BCUT2D eigenvalue weighted by Crippen LogP contribution is 2.64. The molecule has 4 aliphatic rings. The van der Waals surface area contributed by atoms with E-state index >= 15 is 0 Å². The minimum Gasteiger partial charge on any atom is -0.481 e. The molecule has 1 amide bonds. The summed E-state index contributed by atoms with van der Waals surface area (Å²) in [7, 11) is 0. The number of amides is 1. The summed E-state index contributed by atoms with van der Waals surface area (Å²) in [4.78, 5) is 37.9. The highest BCUT2D eigenvalue weighted by Gasteiger charge is 2.67. The maximum Gasteiger partial charge on any atom is 0.414 e. The maximum absolute atomic E-state index is 12.6. The Labute approximate surface area is 180 Å². The summed E-state index contributed by atoms with van der Waals surface area (Å²) in [5.41, 5.74) is 1.70. The fraction of sp³-hybridized carbons (Fsp3) is 0.522. The van der Waals surface area contributed by atoms with Crippen molar-refractivity contribution in [2.75, 3.05) is 6.54 Å². The lowest BCUT2D eigenvalue weighted by molar-refractivity contribution is -0.163. The van der Waals surface area contributed by atoms with E-state index in [1.807, 2.05) is 6.07 Å². The first-order chi connectivity index (χ1) is 14.9. The number of benzene rings is 1. The van der Waals surface area contributed by atoms with E-state index in [0.717, 1.165) is 23.8 Å². The van der Waals surface area contributed by atoms with Gasteiger partial charge in [-0.15, -0.1) is 0 Å². The van der Waals surface area contributed by atoms with Gasteiger partial charge in [-0.3, -0.25) is 9.59 Å². The van der Waals surface area contributed by atoms with Crippen LogP contribution in [0.25, 0.3) is 0 Å². The second kappa shape index (κ2) is 7.00. The minimum atomic E-state index is -0.420. The Hall–Kier alpha value is -3.03. The lowest BCUT2D eigenvalue weighted by atomic mass is 9.51. The number of ether oxygens (including phenoxy) is 4. The predicted molar refractivity (Wildman–Crippen MR) is 108 cm³/mol. The molecule has 0 aromatic heterocycles. The molecule has 1 aromatic carbocycles. The third-order valence-corrected chi connectivity index (χ3v) is 7.24. The van der Waals surface area contributed by atoms with Crippen molar-refractivity contribution in [2.24, 2.45) is 5.92 Å². The zero-order valence-corrected chi connectivity index (χ0v) is 17.6. The van der Waals surface area contributed by atoms with E-state index < -0.39 is 23.6 Å². The molecule has 5 rings (SSSR count). The Kier molecular flexibility index (Phi) is 4.50. The van der Waals surface area contributed by atoms with Gasteiger partial charge in [-0.25, -0.2) is 4.79 Å². The first-order valence-corrected chi connectivity index (χ1v) is 10.6. The van der Waals surface area contributed by atoms with Crippen LogP contribution in [0.4, 0.5) is 4.79 Å². The first-order valence-electron chi connectivity index (χ1n) is 10.6. The van der Waals surface area contributed by atoms with Crippen molar-refractivity contribution < 1.29 is 33.3 Å². The summed E-state index contributed by atoms with van der Waals surface area (Å²) in [6.07, 6.45) is 2.72. The number of esters is 2. The van der Waals surface area contributed by atoms with E-state index in [4.69, 9.17) is 18.9 Å². The SMILES string of the molecule is C=COC(=O)N1CC[C@]23c4c5ccc(OC(C)=O)c4O[C@H]2[C@H](OC(C)=O)CC[C@H]3[C@H]1C5. The molecular weight excluding hydrogens is 402 g/mol. The molecule has 8 heteroatoms. The average Bonchev–Trinajstić information content (AvgIpc) is 3.05. The number of hydrogen-bond donors (Lipinski definition) is 0. The van der Waals surface area contributed by atoms with Crippen LogP contribution in [0.15, 0.2) is 25.0 Å². The molecule has 0 unspecified atom stereocenters.